The Morgan fingerprint density at radius 3 is 2.96 bits per heavy atom. The van der Waals surface area contributed by atoms with Crippen LogP contribution in [-0.2, 0) is 6.54 Å². The normalized spacial score (nSPS) is 17.9. The molecule has 0 aliphatic carbocycles. The quantitative estimate of drug-likeness (QED) is 0.832. The molecule has 3 rings (SSSR count). The first-order chi connectivity index (χ1) is 11.1. The van der Waals surface area contributed by atoms with Crippen LogP contribution in [0.25, 0.3) is 0 Å². The molecule has 0 spiro atoms. The highest BCUT2D eigenvalue weighted by atomic mass is 32.1. The van der Waals surface area contributed by atoms with Gasteiger partial charge in [-0.15, -0.1) is 11.3 Å². The van der Waals surface area contributed by atoms with Crippen molar-refractivity contribution in [1.82, 2.24) is 14.3 Å². The lowest BCUT2D eigenvalue weighted by Gasteiger charge is -2.21. The van der Waals surface area contributed by atoms with Gasteiger partial charge >= 0.3 is 0 Å². The third-order valence-corrected chi connectivity index (χ3v) is 6.28. The molecule has 0 bridgehead atoms. The number of aromatic nitrogens is 2. The van der Waals surface area contributed by atoms with Gasteiger partial charge in [-0.3, -0.25) is 0 Å². The molecule has 1 aliphatic rings. The van der Waals surface area contributed by atoms with Gasteiger partial charge in [0, 0.05) is 31.1 Å². The maximum atomic E-state index is 9.31. The van der Waals surface area contributed by atoms with E-state index in [-0.39, 0.29) is 0 Å². The summed E-state index contributed by atoms with van der Waals surface area (Å²) in [4.78, 5) is 10.4. The molecule has 0 saturated carbocycles. The monoisotopic (exact) mass is 347 g/mol. The lowest BCUT2D eigenvalue weighted by atomic mass is 10.1. The minimum atomic E-state index is 0.641. The van der Waals surface area contributed by atoms with Crippen molar-refractivity contribution in [2.45, 2.75) is 26.8 Å². The summed E-state index contributed by atoms with van der Waals surface area (Å²) in [5.74, 6) is 0.641. The molecule has 1 fully saturated rings. The number of anilines is 1. The summed E-state index contributed by atoms with van der Waals surface area (Å²) < 4.78 is 4.34. The highest BCUT2D eigenvalue weighted by Gasteiger charge is 2.27. The molecule has 1 unspecified atom stereocenters. The molecule has 1 aliphatic heterocycles. The van der Waals surface area contributed by atoms with E-state index in [2.05, 4.69) is 39.2 Å². The molecule has 0 radical (unpaired) electrons. The predicted octanol–water partition coefficient (Wildman–Crippen LogP) is 3.05. The Kier molecular flexibility index (Phi) is 4.95. The maximum Gasteiger partial charge on any atom is 0.130 e. The standard InChI is InChI=1S/C16H21N5S2/c1-11-14(6-17)16(23-19-11)21-5-4-13(8-21)7-20(3)9-15-12(2)18-10-22-15/h10,13H,4-5,7-9H2,1-3H3. The summed E-state index contributed by atoms with van der Waals surface area (Å²) in [6.07, 6.45) is 1.17. The first-order valence-electron chi connectivity index (χ1n) is 7.77. The minimum Gasteiger partial charge on any atom is -0.361 e. The first-order valence-corrected chi connectivity index (χ1v) is 9.42. The summed E-state index contributed by atoms with van der Waals surface area (Å²) in [5, 5.41) is 10.4. The Morgan fingerprint density at radius 2 is 2.26 bits per heavy atom. The van der Waals surface area contributed by atoms with Crippen molar-refractivity contribution < 1.29 is 0 Å². The van der Waals surface area contributed by atoms with E-state index in [1.54, 1.807) is 11.3 Å². The molecular formula is C16H21N5S2. The molecular weight excluding hydrogens is 326 g/mol. The van der Waals surface area contributed by atoms with E-state index >= 15 is 0 Å². The van der Waals surface area contributed by atoms with Crippen molar-refractivity contribution in [1.29, 1.82) is 5.26 Å². The fourth-order valence-electron chi connectivity index (χ4n) is 3.10. The largest absolute Gasteiger partial charge is 0.361 e. The predicted molar refractivity (Wildman–Crippen MR) is 95.1 cm³/mol. The van der Waals surface area contributed by atoms with Gasteiger partial charge in [-0.25, -0.2) is 4.98 Å². The zero-order valence-electron chi connectivity index (χ0n) is 13.7. The first kappa shape index (κ1) is 16.4. The molecule has 0 amide bonds. The van der Waals surface area contributed by atoms with Crippen molar-refractivity contribution in [3.8, 4) is 6.07 Å². The molecule has 2 aromatic heterocycles. The second-order valence-corrected chi connectivity index (χ2v) is 7.91. The lowest BCUT2D eigenvalue weighted by Crippen LogP contribution is -2.28. The molecule has 3 heterocycles. The molecule has 7 heteroatoms. The van der Waals surface area contributed by atoms with Crippen LogP contribution in [0.1, 0.15) is 28.2 Å². The number of rotatable bonds is 5. The van der Waals surface area contributed by atoms with E-state index in [0.717, 1.165) is 48.1 Å². The summed E-state index contributed by atoms with van der Waals surface area (Å²) in [5.41, 5.74) is 4.68. The van der Waals surface area contributed by atoms with Gasteiger partial charge in [0.15, 0.2) is 0 Å². The summed E-state index contributed by atoms with van der Waals surface area (Å²) >= 11 is 3.19. The fraction of sp³-hybridized carbons (Fsp3) is 0.562. The molecule has 0 N–H and O–H groups in total. The average Bonchev–Trinajstić information content (AvgIpc) is 3.21. The number of hydrogen-bond donors (Lipinski definition) is 0. The van der Waals surface area contributed by atoms with Crippen molar-refractivity contribution in [3.63, 3.8) is 0 Å². The van der Waals surface area contributed by atoms with Gasteiger partial charge in [-0.05, 0) is 44.8 Å². The Balaban J connectivity index is 1.57. The van der Waals surface area contributed by atoms with Crippen molar-refractivity contribution in [2.24, 2.45) is 5.92 Å². The van der Waals surface area contributed by atoms with Gasteiger partial charge in [0.1, 0.15) is 16.6 Å². The Morgan fingerprint density at radius 1 is 1.43 bits per heavy atom. The molecule has 122 valence electrons. The highest BCUT2D eigenvalue weighted by molar-refractivity contribution is 7.10. The molecule has 1 saturated heterocycles. The van der Waals surface area contributed by atoms with Crippen LogP contribution >= 0.6 is 22.9 Å². The zero-order valence-corrected chi connectivity index (χ0v) is 15.4. The van der Waals surface area contributed by atoms with Gasteiger partial charge < -0.3 is 9.80 Å². The SMILES string of the molecule is Cc1ncsc1CN(C)CC1CCN(c2snc(C)c2C#N)C1. The molecule has 2 aromatic rings. The maximum absolute atomic E-state index is 9.31. The number of aryl methyl sites for hydroxylation is 2. The van der Waals surface area contributed by atoms with Crippen LogP contribution in [0.15, 0.2) is 5.51 Å². The van der Waals surface area contributed by atoms with Crippen molar-refractivity contribution in [3.05, 3.63) is 27.3 Å². The van der Waals surface area contributed by atoms with E-state index < -0.39 is 0 Å². The second-order valence-electron chi connectivity index (χ2n) is 6.22. The van der Waals surface area contributed by atoms with Crippen LogP contribution in [0.4, 0.5) is 5.00 Å². The van der Waals surface area contributed by atoms with Gasteiger partial charge in [0.25, 0.3) is 0 Å². The van der Waals surface area contributed by atoms with Crippen molar-refractivity contribution in [2.75, 3.05) is 31.6 Å². The van der Waals surface area contributed by atoms with Crippen LogP contribution in [0.5, 0.6) is 0 Å². The Labute approximate surface area is 145 Å². The van der Waals surface area contributed by atoms with E-state index in [1.165, 1.54) is 22.8 Å². The topological polar surface area (TPSA) is 56.1 Å². The summed E-state index contributed by atoms with van der Waals surface area (Å²) in [6.45, 7) is 8.07. The molecule has 5 nitrogen and oxygen atoms in total. The van der Waals surface area contributed by atoms with Gasteiger partial charge in [0.05, 0.1) is 16.9 Å². The van der Waals surface area contributed by atoms with Crippen LogP contribution in [0.2, 0.25) is 0 Å². The minimum absolute atomic E-state index is 0.641. The highest BCUT2D eigenvalue weighted by Crippen LogP contribution is 2.32. The van der Waals surface area contributed by atoms with Gasteiger partial charge in [0.2, 0.25) is 0 Å². The summed E-state index contributed by atoms with van der Waals surface area (Å²) in [6, 6.07) is 2.30. The number of hydrogen-bond acceptors (Lipinski definition) is 7. The van der Waals surface area contributed by atoms with Crippen molar-refractivity contribution >= 4 is 27.9 Å². The van der Waals surface area contributed by atoms with E-state index in [0.29, 0.717) is 5.92 Å². The van der Waals surface area contributed by atoms with E-state index in [1.807, 2.05) is 12.4 Å². The Bertz CT molecular complexity index is 714. The van der Waals surface area contributed by atoms with E-state index in [4.69, 9.17) is 0 Å². The molecule has 1 atom stereocenters. The number of thiazole rings is 1. The molecule has 23 heavy (non-hydrogen) atoms. The smallest absolute Gasteiger partial charge is 0.130 e. The van der Waals surface area contributed by atoms with Crippen LogP contribution < -0.4 is 4.90 Å². The second kappa shape index (κ2) is 6.95. The number of nitriles is 1. The average molecular weight is 348 g/mol. The Hall–Kier alpha value is -1.49. The van der Waals surface area contributed by atoms with Crippen LogP contribution in [-0.4, -0.2) is 40.9 Å². The number of nitrogens with zero attached hydrogens (tertiary/aromatic N) is 5. The fourth-order valence-corrected chi connectivity index (χ4v) is 4.83. The van der Waals surface area contributed by atoms with Crippen LogP contribution in [0, 0.1) is 31.1 Å². The van der Waals surface area contributed by atoms with Gasteiger partial charge in [-0.2, -0.15) is 9.64 Å². The molecule has 0 aromatic carbocycles. The lowest BCUT2D eigenvalue weighted by molar-refractivity contribution is 0.281. The third kappa shape index (κ3) is 3.55. The summed E-state index contributed by atoms with van der Waals surface area (Å²) in [7, 11) is 2.18. The van der Waals surface area contributed by atoms with Gasteiger partial charge in [-0.1, -0.05) is 0 Å². The zero-order chi connectivity index (χ0) is 16.4. The van der Waals surface area contributed by atoms with E-state index in [9.17, 15) is 5.26 Å². The third-order valence-electron chi connectivity index (χ3n) is 4.36. The van der Waals surface area contributed by atoms with Crippen LogP contribution in [0.3, 0.4) is 0 Å².